The number of fused-ring (bicyclic) bond motifs is 14. The van der Waals surface area contributed by atoms with Gasteiger partial charge in [0, 0.05) is 48.4 Å². The van der Waals surface area contributed by atoms with E-state index in [1.54, 1.807) is 31.1 Å². The van der Waals surface area contributed by atoms with Crippen molar-refractivity contribution >= 4 is 11.8 Å². The number of benzene rings is 3. The smallest absolute Gasteiger partial charge is 0.257 e. The first-order valence-electron chi connectivity index (χ1n) is 15.7. The van der Waals surface area contributed by atoms with Crippen molar-refractivity contribution in [2.24, 2.45) is 0 Å². The fourth-order valence-electron chi connectivity index (χ4n) is 6.19. The van der Waals surface area contributed by atoms with Crippen LogP contribution in [0.4, 0.5) is 0 Å². The average Bonchev–Trinajstić information content (AvgIpc) is 3.05. The maximum Gasteiger partial charge on any atom is 0.257 e. The van der Waals surface area contributed by atoms with Crippen LogP contribution in [-0.4, -0.2) is 109 Å². The van der Waals surface area contributed by atoms with Crippen molar-refractivity contribution in [1.82, 2.24) is 9.80 Å². The molecular formula is C36H44N2O8. The molecule has 1 saturated heterocycles. The Morgan fingerprint density at radius 1 is 0.457 bits per heavy atom. The van der Waals surface area contributed by atoms with E-state index >= 15 is 0 Å². The van der Waals surface area contributed by atoms with Crippen LogP contribution in [0.15, 0.2) is 36.4 Å². The second kappa shape index (κ2) is 15.0. The van der Waals surface area contributed by atoms with E-state index in [4.69, 9.17) is 28.4 Å². The van der Waals surface area contributed by atoms with Gasteiger partial charge in [0.15, 0.2) is 0 Å². The van der Waals surface area contributed by atoms with E-state index in [-0.39, 0.29) is 25.0 Å². The molecule has 0 saturated carbocycles. The van der Waals surface area contributed by atoms with E-state index in [1.807, 2.05) is 57.2 Å². The van der Waals surface area contributed by atoms with Crippen LogP contribution in [0.2, 0.25) is 0 Å². The van der Waals surface area contributed by atoms with Gasteiger partial charge in [0.2, 0.25) is 0 Å². The predicted octanol–water partition coefficient (Wildman–Crippen LogP) is 4.93. The Bertz CT molecular complexity index is 1480. The Labute approximate surface area is 271 Å². The molecule has 2 heterocycles. The first-order chi connectivity index (χ1) is 22.3. The fourth-order valence-corrected chi connectivity index (χ4v) is 6.19. The summed E-state index contributed by atoms with van der Waals surface area (Å²) in [6, 6.07) is 11.8. The topological polar surface area (TPSA) is 96.0 Å². The van der Waals surface area contributed by atoms with Crippen LogP contribution in [0.5, 0.6) is 17.2 Å². The first-order valence-corrected chi connectivity index (χ1v) is 15.7. The molecule has 0 aliphatic carbocycles. The summed E-state index contributed by atoms with van der Waals surface area (Å²) in [6.07, 6.45) is 0. The zero-order valence-electron chi connectivity index (χ0n) is 27.7. The van der Waals surface area contributed by atoms with Crippen LogP contribution < -0.4 is 14.2 Å². The molecule has 2 amide bonds. The van der Waals surface area contributed by atoms with Crippen molar-refractivity contribution in [3.05, 3.63) is 64.2 Å². The lowest BCUT2D eigenvalue weighted by atomic mass is 9.90. The largest absolute Gasteiger partial charge is 0.495 e. The number of aryl methyl sites for hydroxylation is 3. The molecule has 3 aromatic rings. The number of rotatable bonds is 3. The molecule has 10 heteroatoms. The van der Waals surface area contributed by atoms with Gasteiger partial charge in [-0.2, -0.15) is 0 Å². The summed E-state index contributed by atoms with van der Waals surface area (Å²) in [5.74, 6) is 1.08. The molecule has 46 heavy (non-hydrogen) atoms. The van der Waals surface area contributed by atoms with E-state index in [0.717, 1.165) is 38.9 Å². The fraction of sp³-hybridized carbons (Fsp3) is 0.444. The quantitative estimate of drug-likeness (QED) is 0.375. The van der Waals surface area contributed by atoms with Gasteiger partial charge in [-0.1, -0.05) is 0 Å². The lowest BCUT2D eigenvalue weighted by molar-refractivity contribution is 0.0297. The Balaban J connectivity index is 1.83. The molecule has 5 rings (SSSR count). The van der Waals surface area contributed by atoms with Crippen LogP contribution in [0, 0.1) is 20.8 Å². The Hall–Kier alpha value is -4.12. The van der Waals surface area contributed by atoms with Crippen LogP contribution in [-0.2, 0) is 14.2 Å². The van der Waals surface area contributed by atoms with Gasteiger partial charge >= 0.3 is 0 Å². The van der Waals surface area contributed by atoms with Gasteiger partial charge in [-0.3, -0.25) is 9.59 Å². The number of carbonyl (C=O) groups excluding carboxylic acids is 2. The van der Waals surface area contributed by atoms with E-state index in [2.05, 4.69) is 0 Å². The molecule has 0 spiro atoms. The third kappa shape index (κ3) is 6.99. The highest BCUT2D eigenvalue weighted by atomic mass is 16.5. The number of ether oxygens (including phenoxy) is 6. The third-order valence-corrected chi connectivity index (χ3v) is 8.32. The zero-order chi connectivity index (χ0) is 32.8. The Kier molecular flexibility index (Phi) is 10.8. The SMILES string of the molecule is COc1c2cc(C)cc1-c1cc(C)cc(c1OC)-c1cc(C)cc(c1OC)C(=O)N1CCOCCOCCN(CCOCC1)C2=O. The van der Waals surface area contributed by atoms with Gasteiger partial charge < -0.3 is 38.2 Å². The number of carbonyl (C=O) groups is 2. The van der Waals surface area contributed by atoms with Gasteiger partial charge in [0.05, 0.1) is 72.1 Å². The van der Waals surface area contributed by atoms with E-state index in [9.17, 15) is 9.59 Å². The number of hydrogen-bond donors (Lipinski definition) is 0. The molecular weight excluding hydrogens is 588 g/mol. The highest BCUT2D eigenvalue weighted by Gasteiger charge is 2.28. The first kappa shape index (κ1) is 33.2. The predicted molar refractivity (Wildman–Crippen MR) is 175 cm³/mol. The molecule has 10 nitrogen and oxygen atoms in total. The lowest BCUT2D eigenvalue weighted by Gasteiger charge is -2.27. The second-order valence-electron chi connectivity index (χ2n) is 11.6. The maximum absolute atomic E-state index is 14.3. The van der Waals surface area contributed by atoms with Crippen molar-refractivity contribution in [3.63, 3.8) is 0 Å². The van der Waals surface area contributed by atoms with Gasteiger partial charge in [0.1, 0.15) is 17.2 Å². The van der Waals surface area contributed by atoms with E-state index in [0.29, 0.717) is 81.0 Å². The number of methoxy groups -OCH3 is 3. The van der Waals surface area contributed by atoms with Crippen molar-refractivity contribution < 1.29 is 38.0 Å². The summed E-state index contributed by atoms with van der Waals surface area (Å²) in [6.45, 7) is 9.33. The van der Waals surface area contributed by atoms with E-state index in [1.165, 1.54) is 0 Å². The molecule has 2 aliphatic rings. The Morgan fingerprint density at radius 2 is 0.717 bits per heavy atom. The molecule has 3 aromatic carbocycles. The highest BCUT2D eigenvalue weighted by Crippen LogP contribution is 2.47. The molecule has 8 bridgehead atoms. The van der Waals surface area contributed by atoms with Gasteiger partial charge in [0.25, 0.3) is 11.8 Å². The summed E-state index contributed by atoms with van der Waals surface area (Å²) in [7, 11) is 4.77. The van der Waals surface area contributed by atoms with Crippen LogP contribution in [0.3, 0.4) is 0 Å². The zero-order valence-corrected chi connectivity index (χ0v) is 27.7. The van der Waals surface area contributed by atoms with Crippen LogP contribution in [0.1, 0.15) is 37.4 Å². The van der Waals surface area contributed by atoms with Gasteiger partial charge in [-0.25, -0.2) is 0 Å². The summed E-state index contributed by atoms with van der Waals surface area (Å²) >= 11 is 0. The minimum absolute atomic E-state index is 0.190. The highest BCUT2D eigenvalue weighted by molar-refractivity contribution is 6.02. The van der Waals surface area contributed by atoms with Crippen LogP contribution in [0.25, 0.3) is 22.3 Å². The van der Waals surface area contributed by atoms with Gasteiger partial charge in [-0.05, 0) is 73.9 Å². The third-order valence-electron chi connectivity index (χ3n) is 8.32. The maximum atomic E-state index is 14.3. The molecule has 1 fully saturated rings. The lowest BCUT2D eigenvalue weighted by Crippen LogP contribution is -2.38. The Morgan fingerprint density at radius 3 is 1.02 bits per heavy atom. The summed E-state index contributed by atoms with van der Waals surface area (Å²) in [5, 5.41) is 0. The van der Waals surface area contributed by atoms with Crippen molar-refractivity contribution in [1.29, 1.82) is 0 Å². The van der Waals surface area contributed by atoms with Crippen LogP contribution >= 0.6 is 0 Å². The van der Waals surface area contributed by atoms with Crippen molar-refractivity contribution in [3.8, 4) is 39.5 Å². The normalized spacial score (nSPS) is 16.7. The molecule has 0 atom stereocenters. The summed E-state index contributed by atoms with van der Waals surface area (Å²) in [4.78, 5) is 32.0. The number of amides is 2. The summed E-state index contributed by atoms with van der Waals surface area (Å²) in [5.41, 5.74) is 6.58. The average molecular weight is 633 g/mol. The molecule has 0 unspecified atom stereocenters. The number of nitrogens with zero attached hydrogens (tertiary/aromatic N) is 2. The molecule has 0 aromatic heterocycles. The molecule has 2 aliphatic heterocycles. The standard InChI is InChI=1S/C36H44N2O8/c1-23-17-26-28-19-24(2)21-30(33(28)42-5)35(39)37-7-11-44-12-8-38(10-14-46-16-15-45-13-9-37)36(40)31-22-25(3)20-29(34(31)43-6)27(18-23)32(26)41-4/h17-22H,7-16H2,1-6H3. The molecule has 0 N–H and O–H groups in total. The molecule has 0 radical (unpaired) electrons. The second-order valence-corrected chi connectivity index (χ2v) is 11.6. The molecule has 246 valence electrons. The van der Waals surface area contributed by atoms with Gasteiger partial charge in [-0.15, -0.1) is 0 Å². The summed E-state index contributed by atoms with van der Waals surface area (Å²) < 4.78 is 35.8. The van der Waals surface area contributed by atoms with Crippen molar-refractivity contribution in [2.75, 3.05) is 87.1 Å². The number of hydrogen-bond acceptors (Lipinski definition) is 8. The monoisotopic (exact) mass is 632 g/mol. The van der Waals surface area contributed by atoms with E-state index < -0.39 is 0 Å². The minimum Gasteiger partial charge on any atom is -0.495 e. The minimum atomic E-state index is -0.190. The van der Waals surface area contributed by atoms with Crippen molar-refractivity contribution in [2.45, 2.75) is 20.8 Å².